The largest absolute Gasteiger partial charge is 0.451 e. The van der Waals surface area contributed by atoms with Gasteiger partial charge >= 0.3 is 5.97 Å². The zero-order valence-electron chi connectivity index (χ0n) is 14.6. The highest BCUT2D eigenvalue weighted by atomic mass is 16.5. The molecule has 1 fully saturated rings. The minimum Gasteiger partial charge on any atom is -0.451 e. The van der Waals surface area contributed by atoms with E-state index in [4.69, 9.17) is 4.74 Å². The highest BCUT2D eigenvalue weighted by Crippen LogP contribution is 2.28. The molecule has 6 heteroatoms. The first kappa shape index (κ1) is 17.5. The Morgan fingerprint density at radius 1 is 1.12 bits per heavy atom. The molecule has 2 amide bonds. The first-order chi connectivity index (χ1) is 12.1. The van der Waals surface area contributed by atoms with Gasteiger partial charge in [0.1, 0.15) is 6.54 Å². The number of rotatable bonds is 4. The lowest BCUT2D eigenvalue weighted by Crippen LogP contribution is -2.42. The number of fused-ring (bicyclic) bond motifs is 1. The van der Waals surface area contributed by atoms with Crippen molar-refractivity contribution in [2.24, 2.45) is 0 Å². The number of anilines is 1. The van der Waals surface area contributed by atoms with E-state index in [1.807, 2.05) is 24.3 Å². The summed E-state index contributed by atoms with van der Waals surface area (Å²) in [5, 5.41) is 0. The zero-order chi connectivity index (χ0) is 17.8. The molecule has 0 aromatic heterocycles. The Kier molecular flexibility index (Phi) is 5.36. The maximum atomic E-state index is 12.6. The topological polar surface area (TPSA) is 66.9 Å². The highest BCUT2D eigenvalue weighted by molar-refractivity contribution is 5.99. The number of para-hydroxylation sites is 1. The molecule has 0 N–H and O–H groups in total. The van der Waals surface area contributed by atoms with Crippen LogP contribution in [0.2, 0.25) is 0 Å². The van der Waals surface area contributed by atoms with Crippen LogP contribution in [-0.4, -0.2) is 48.4 Å². The van der Waals surface area contributed by atoms with Gasteiger partial charge in [-0.1, -0.05) is 24.6 Å². The van der Waals surface area contributed by atoms with Gasteiger partial charge in [0.25, 0.3) is 5.91 Å². The molecule has 3 rings (SSSR count). The minimum atomic E-state index is -0.860. The predicted octanol–water partition coefficient (Wildman–Crippen LogP) is 1.91. The van der Waals surface area contributed by atoms with Gasteiger partial charge in [0.15, 0.2) is 6.10 Å². The highest BCUT2D eigenvalue weighted by Gasteiger charge is 2.30. The van der Waals surface area contributed by atoms with E-state index >= 15 is 0 Å². The number of benzene rings is 1. The van der Waals surface area contributed by atoms with E-state index in [0.717, 1.165) is 36.9 Å². The summed E-state index contributed by atoms with van der Waals surface area (Å²) in [6, 6.07) is 7.76. The molecule has 1 atom stereocenters. The average molecular weight is 344 g/mol. The van der Waals surface area contributed by atoms with E-state index in [1.54, 1.807) is 11.8 Å². The number of carbonyl (C=O) groups excluding carboxylic acids is 3. The molecule has 134 valence electrons. The van der Waals surface area contributed by atoms with Gasteiger partial charge in [-0.3, -0.25) is 14.4 Å². The maximum Gasteiger partial charge on any atom is 0.326 e. The van der Waals surface area contributed by atoms with Crippen LogP contribution in [0, 0.1) is 0 Å². The molecule has 2 aliphatic rings. The minimum absolute atomic E-state index is 0.0121. The number of amides is 2. The fourth-order valence-corrected chi connectivity index (χ4v) is 3.43. The average Bonchev–Trinajstić information content (AvgIpc) is 2.93. The first-order valence-corrected chi connectivity index (χ1v) is 8.93. The van der Waals surface area contributed by atoms with E-state index in [-0.39, 0.29) is 18.4 Å². The molecule has 0 aliphatic carbocycles. The summed E-state index contributed by atoms with van der Waals surface area (Å²) in [5.41, 5.74) is 2.02. The quantitative estimate of drug-likeness (QED) is 0.783. The van der Waals surface area contributed by atoms with Crippen molar-refractivity contribution in [2.45, 2.75) is 45.1 Å². The molecule has 0 radical (unpaired) electrons. The van der Waals surface area contributed by atoms with Gasteiger partial charge in [0.2, 0.25) is 5.91 Å². The van der Waals surface area contributed by atoms with Crippen molar-refractivity contribution in [1.82, 2.24) is 4.90 Å². The first-order valence-electron chi connectivity index (χ1n) is 8.93. The Labute approximate surface area is 147 Å². The van der Waals surface area contributed by atoms with Gasteiger partial charge in [-0.05, 0) is 37.8 Å². The van der Waals surface area contributed by atoms with Crippen LogP contribution in [-0.2, 0) is 25.5 Å². The number of likely N-dealkylation sites (tertiary alicyclic amines) is 1. The van der Waals surface area contributed by atoms with E-state index in [9.17, 15) is 14.4 Å². The zero-order valence-corrected chi connectivity index (χ0v) is 14.6. The molecular weight excluding hydrogens is 320 g/mol. The number of ether oxygens (including phenoxy) is 1. The van der Waals surface area contributed by atoms with Crippen LogP contribution < -0.4 is 4.90 Å². The number of nitrogens with zero attached hydrogens (tertiary/aromatic N) is 2. The summed E-state index contributed by atoms with van der Waals surface area (Å²) in [6.07, 6.45) is 3.20. The summed E-state index contributed by atoms with van der Waals surface area (Å²) in [5.74, 6) is -0.758. The van der Waals surface area contributed by atoms with Crippen molar-refractivity contribution in [3.05, 3.63) is 29.8 Å². The second kappa shape index (κ2) is 7.68. The van der Waals surface area contributed by atoms with Gasteiger partial charge in [-0.25, -0.2) is 0 Å². The fraction of sp³-hybridized carbons (Fsp3) is 0.526. The van der Waals surface area contributed by atoms with Crippen molar-refractivity contribution in [2.75, 3.05) is 24.5 Å². The summed E-state index contributed by atoms with van der Waals surface area (Å²) in [7, 11) is 0. The molecule has 25 heavy (non-hydrogen) atoms. The third kappa shape index (κ3) is 4.00. The van der Waals surface area contributed by atoms with Crippen LogP contribution in [0.15, 0.2) is 24.3 Å². The molecule has 2 aliphatic heterocycles. The van der Waals surface area contributed by atoms with Gasteiger partial charge < -0.3 is 14.5 Å². The van der Waals surface area contributed by atoms with Crippen LogP contribution >= 0.6 is 0 Å². The number of esters is 1. The van der Waals surface area contributed by atoms with E-state index in [0.29, 0.717) is 19.5 Å². The van der Waals surface area contributed by atoms with E-state index in [2.05, 4.69) is 0 Å². The molecule has 0 bridgehead atoms. The second-order valence-electron chi connectivity index (χ2n) is 6.63. The van der Waals surface area contributed by atoms with E-state index < -0.39 is 12.1 Å². The molecule has 1 aromatic rings. The Bertz CT molecular complexity index is 673. The van der Waals surface area contributed by atoms with Gasteiger partial charge in [-0.2, -0.15) is 0 Å². The Morgan fingerprint density at radius 2 is 1.92 bits per heavy atom. The molecule has 1 aromatic carbocycles. The third-order valence-corrected chi connectivity index (χ3v) is 4.80. The number of carbonyl (C=O) groups is 3. The Hall–Kier alpha value is -2.37. The third-order valence-electron chi connectivity index (χ3n) is 4.80. The van der Waals surface area contributed by atoms with Crippen molar-refractivity contribution in [3.8, 4) is 0 Å². The lowest BCUT2D eigenvalue weighted by atomic mass is 10.2. The molecule has 6 nitrogen and oxygen atoms in total. The van der Waals surface area contributed by atoms with Crippen LogP contribution in [0.25, 0.3) is 0 Å². The molecule has 0 spiro atoms. The summed E-state index contributed by atoms with van der Waals surface area (Å²) in [6.45, 7) is 2.69. The predicted molar refractivity (Wildman–Crippen MR) is 93.1 cm³/mol. The summed E-state index contributed by atoms with van der Waals surface area (Å²) < 4.78 is 5.31. The maximum absolute atomic E-state index is 12.6. The fourth-order valence-electron chi connectivity index (χ4n) is 3.43. The van der Waals surface area contributed by atoms with Crippen LogP contribution in [0.4, 0.5) is 5.69 Å². The molecular formula is C19H24N2O4. The van der Waals surface area contributed by atoms with Gasteiger partial charge in [0.05, 0.1) is 0 Å². The standard InChI is InChI=1S/C19H24N2O4/c1-14(19(24)21-12-10-15-7-4-5-8-16(15)21)25-18(23)13-20-11-6-2-3-9-17(20)22/h4-5,7-8,14H,2-3,6,9-13H2,1H3. The molecule has 1 saturated heterocycles. The van der Waals surface area contributed by atoms with Gasteiger partial charge in [0, 0.05) is 25.2 Å². The van der Waals surface area contributed by atoms with Crippen molar-refractivity contribution in [3.63, 3.8) is 0 Å². The monoisotopic (exact) mass is 344 g/mol. The normalized spacial score (nSPS) is 18.5. The smallest absolute Gasteiger partial charge is 0.326 e. The molecule has 1 unspecified atom stereocenters. The van der Waals surface area contributed by atoms with Crippen LogP contribution in [0.3, 0.4) is 0 Å². The Morgan fingerprint density at radius 3 is 2.76 bits per heavy atom. The van der Waals surface area contributed by atoms with Gasteiger partial charge in [-0.15, -0.1) is 0 Å². The van der Waals surface area contributed by atoms with E-state index in [1.165, 1.54) is 4.90 Å². The van der Waals surface area contributed by atoms with Crippen molar-refractivity contribution in [1.29, 1.82) is 0 Å². The SMILES string of the molecule is CC(OC(=O)CN1CCCCCC1=O)C(=O)N1CCc2ccccc21. The summed E-state index contributed by atoms with van der Waals surface area (Å²) >= 11 is 0. The molecule has 2 heterocycles. The van der Waals surface area contributed by atoms with Crippen LogP contribution in [0.1, 0.15) is 38.2 Å². The van der Waals surface area contributed by atoms with Crippen molar-refractivity contribution < 1.29 is 19.1 Å². The number of hydrogen-bond donors (Lipinski definition) is 0. The van der Waals surface area contributed by atoms with Crippen molar-refractivity contribution >= 4 is 23.5 Å². The summed E-state index contributed by atoms with van der Waals surface area (Å²) in [4.78, 5) is 39.9. The lowest BCUT2D eigenvalue weighted by molar-refractivity contribution is -0.157. The lowest BCUT2D eigenvalue weighted by Gasteiger charge is -2.23. The Balaban J connectivity index is 1.56. The molecule has 0 saturated carbocycles. The number of hydrogen-bond acceptors (Lipinski definition) is 4. The van der Waals surface area contributed by atoms with Crippen LogP contribution in [0.5, 0.6) is 0 Å². The second-order valence-corrected chi connectivity index (χ2v) is 6.63.